The van der Waals surface area contributed by atoms with Gasteiger partial charge in [-0.3, -0.25) is 9.36 Å². The van der Waals surface area contributed by atoms with E-state index in [0.29, 0.717) is 23.7 Å². The molecule has 0 aliphatic rings. The molecule has 0 aliphatic heterocycles. The van der Waals surface area contributed by atoms with E-state index in [1.54, 1.807) is 4.68 Å². The predicted molar refractivity (Wildman–Crippen MR) is 140 cm³/mol. The Morgan fingerprint density at radius 3 is 2.61 bits per heavy atom. The maximum absolute atomic E-state index is 12.8. The molecular formula is C26H25N7O2S. The number of carbonyl (C=O) groups excluding carboxylic acids is 1. The molecule has 5 rings (SSSR count). The molecule has 1 amide bonds. The van der Waals surface area contributed by atoms with E-state index in [1.807, 2.05) is 91.2 Å². The Bertz CT molecular complexity index is 1580. The summed E-state index contributed by atoms with van der Waals surface area (Å²) >= 11 is 5.78. The molecule has 0 bridgehead atoms. The van der Waals surface area contributed by atoms with Gasteiger partial charge in [0.15, 0.2) is 5.82 Å². The van der Waals surface area contributed by atoms with Crippen LogP contribution < -0.4 is 10.1 Å². The Morgan fingerprint density at radius 2 is 1.83 bits per heavy atom. The Balaban J connectivity index is 1.50. The highest BCUT2D eigenvalue weighted by Crippen LogP contribution is 2.20. The quantitative estimate of drug-likeness (QED) is 0.315. The van der Waals surface area contributed by atoms with Crippen LogP contribution >= 0.6 is 12.2 Å². The summed E-state index contributed by atoms with van der Waals surface area (Å²) in [5.74, 6) is 1.18. The summed E-state index contributed by atoms with van der Waals surface area (Å²) in [4.78, 5) is 12.8. The van der Waals surface area contributed by atoms with Gasteiger partial charge >= 0.3 is 0 Å². The van der Waals surface area contributed by atoms with Crippen LogP contribution in [0.4, 0.5) is 5.69 Å². The summed E-state index contributed by atoms with van der Waals surface area (Å²) in [5.41, 5.74) is 4.28. The Labute approximate surface area is 212 Å². The van der Waals surface area contributed by atoms with Gasteiger partial charge in [-0.05, 0) is 80.2 Å². The van der Waals surface area contributed by atoms with Crippen LogP contribution in [0.15, 0.2) is 72.8 Å². The normalized spacial score (nSPS) is 11.1. The SMILES string of the molecule is CCOc1ccc(-n2c(Cn3nnc4ccccc43)nn(CC(=O)Nc3cccc(C)c3)c2=S)cc1. The van der Waals surface area contributed by atoms with Crippen LogP contribution in [-0.2, 0) is 17.9 Å². The van der Waals surface area contributed by atoms with Gasteiger partial charge in [0.2, 0.25) is 10.7 Å². The van der Waals surface area contributed by atoms with Crippen LogP contribution in [0, 0.1) is 11.7 Å². The number of amides is 1. The minimum Gasteiger partial charge on any atom is -0.494 e. The van der Waals surface area contributed by atoms with Crippen molar-refractivity contribution in [3.63, 3.8) is 0 Å². The van der Waals surface area contributed by atoms with Crippen molar-refractivity contribution >= 4 is 34.8 Å². The minimum absolute atomic E-state index is 0.0259. The minimum atomic E-state index is -0.217. The molecule has 10 heteroatoms. The number of benzene rings is 3. The van der Waals surface area contributed by atoms with Gasteiger partial charge in [-0.15, -0.1) is 5.10 Å². The van der Waals surface area contributed by atoms with Gasteiger partial charge in [-0.1, -0.05) is 29.5 Å². The second-order valence-corrected chi connectivity index (χ2v) is 8.64. The van der Waals surface area contributed by atoms with Crippen LogP contribution in [0.25, 0.3) is 16.7 Å². The van der Waals surface area contributed by atoms with Crippen molar-refractivity contribution in [2.24, 2.45) is 0 Å². The molecule has 0 spiro atoms. The van der Waals surface area contributed by atoms with Crippen molar-refractivity contribution in [3.8, 4) is 11.4 Å². The first-order chi connectivity index (χ1) is 17.5. The molecule has 0 fully saturated rings. The number of para-hydroxylation sites is 1. The van der Waals surface area contributed by atoms with E-state index >= 15 is 0 Å². The molecule has 0 radical (unpaired) electrons. The number of nitrogens with one attached hydrogen (secondary N) is 1. The molecule has 0 aliphatic carbocycles. The first-order valence-electron chi connectivity index (χ1n) is 11.6. The lowest BCUT2D eigenvalue weighted by molar-refractivity contribution is -0.116. The zero-order valence-corrected chi connectivity index (χ0v) is 20.8. The number of fused-ring (bicyclic) bond motifs is 1. The van der Waals surface area contributed by atoms with E-state index in [0.717, 1.165) is 33.7 Å². The maximum Gasteiger partial charge on any atom is 0.246 e. The molecule has 0 saturated heterocycles. The third-order valence-corrected chi connectivity index (χ3v) is 6.01. The highest BCUT2D eigenvalue weighted by atomic mass is 32.1. The number of carbonyl (C=O) groups is 1. The van der Waals surface area contributed by atoms with E-state index in [-0.39, 0.29) is 12.5 Å². The summed E-state index contributed by atoms with van der Waals surface area (Å²) in [6.45, 7) is 4.80. The van der Waals surface area contributed by atoms with E-state index in [9.17, 15) is 4.79 Å². The largest absolute Gasteiger partial charge is 0.494 e. The summed E-state index contributed by atoms with van der Waals surface area (Å²) in [5, 5.41) is 16.2. The average Bonchev–Trinajstić information content (AvgIpc) is 3.41. The zero-order chi connectivity index (χ0) is 25.1. The predicted octanol–water partition coefficient (Wildman–Crippen LogP) is 4.54. The van der Waals surface area contributed by atoms with E-state index in [2.05, 4.69) is 15.6 Å². The number of aryl methyl sites for hydroxylation is 1. The number of aromatic nitrogens is 6. The summed E-state index contributed by atoms with van der Waals surface area (Å²) in [7, 11) is 0. The van der Waals surface area contributed by atoms with Gasteiger partial charge in [0.05, 0.1) is 12.1 Å². The summed E-state index contributed by atoms with van der Waals surface area (Å²) < 4.78 is 11.1. The third kappa shape index (κ3) is 4.89. The monoisotopic (exact) mass is 499 g/mol. The van der Waals surface area contributed by atoms with Crippen LogP contribution in [0.3, 0.4) is 0 Å². The topological polar surface area (TPSA) is 91.8 Å². The van der Waals surface area contributed by atoms with E-state index in [1.165, 1.54) is 4.68 Å². The number of hydrogen-bond acceptors (Lipinski definition) is 6. The molecule has 9 nitrogen and oxygen atoms in total. The van der Waals surface area contributed by atoms with Crippen molar-refractivity contribution in [3.05, 3.63) is 89.0 Å². The first kappa shape index (κ1) is 23.4. The fourth-order valence-electron chi connectivity index (χ4n) is 4.00. The van der Waals surface area contributed by atoms with Crippen LogP contribution in [0.1, 0.15) is 18.3 Å². The molecule has 2 aromatic heterocycles. The number of anilines is 1. The molecule has 5 aromatic rings. The molecule has 182 valence electrons. The van der Waals surface area contributed by atoms with Crippen LogP contribution in [0.2, 0.25) is 0 Å². The lowest BCUT2D eigenvalue weighted by atomic mass is 10.2. The fourth-order valence-corrected chi connectivity index (χ4v) is 4.32. The number of hydrogen-bond donors (Lipinski definition) is 1. The van der Waals surface area contributed by atoms with Crippen molar-refractivity contribution < 1.29 is 9.53 Å². The Kier molecular flexibility index (Phi) is 6.59. The molecule has 3 aromatic carbocycles. The molecule has 0 atom stereocenters. The fraction of sp³-hybridized carbons (Fsp3) is 0.192. The molecule has 0 saturated carbocycles. The summed E-state index contributed by atoms with van der Waals surface area (Å²) in [6.07, 6.45) is 0. The van der Waals surface area contributed by atoms with Gasteiger partial charge < -0.3 is 10.1 Å². The summed E-state index contributed by atoms with van der Waals surface area (Å²) in [6, 6.07) is 23.0. The average molecular weight is 500 g/mol. The van der Waals surface area contributed by atoms with E-state index < -0.39 is 0 Å². The van der Waals surface area contributed by atoms with Crippen LogP contribution in [-0.4, -0.2) is 41.9 Å². The lowest BCUT2D eigenvalue weighted by Gasteiger charge is -2.09. The Hall–Kier alpha value is -4.31. The second-order valence-electron chi connectivity index (χ2n) is 8.27. The zero-order valence-electron chi connectivity index (χ0n) is 20.0. The van der Waals surface area contributed by atoms with Crippen LogP contribution in [0.5, 0.6) is 5.75 Å². The van der Waals surface area contributed by atoms with Gasteiger partial charge in [-0.25, -0.2) is 9.36 Å². The molecule has 1 N–H and O–H groups in total. The van der Waals surface area contributed by atoms with Gasteiger partial charge in [0.25, 0.3) is 0 Å². The molecular weight excluding hydrogens is 474 g/mol. The highest BCUT2D eigenvalue weighted by Gasteiger charge is 2.17. The van der Waals surface area contributed by atoms with Crippen molar-refractivity contribution in [1.82, 2.24) is 29.3 Å². The van der Waals surface area contributed by atoms with Gasteiger partial charge in [-0.2, -0.15) is 5.10 Å². The van der Waals surface area contributed by atoms with Crippen molar-refractivity contribution in [1.29, 1.82) is 0 Å². The van der Waals surface area contributed by atoms with Gasteiger partial charge in [0.1, 0.15) is 24.4 Å². The number of nitrogens with zero attached hydrogens (tertiary/aromatic N) is 6. The lowest BCUT2D eigenvalue weighted by Crippen LogP contribution is -2.20. The first-order valence-corrected chi connectivity index (χ1v) is 12.0. The number of rotatable bonds is 8. The second kappa shape index (κ2) is 10.1. The van der Waals surface area contributed by atoms with Gasteiger partial charge in [0, 0.05) is 11.4 Å². The highest BCUT2D eigenvalue weighted by molar-refractivity contribution is 7.71. The maximum atomic E-state index is 12.8. The molecule has 36 heavy (non-hydrogen) atoms. The van der Waals surface area contributed by atoms with E-state index in [4.69, 9.17) is 22.1 Å². The standard InChI is InChI=1S/C26H25N7O2S/c1-3-35-21-13-11-20(12-14-21)33-24(16-31-23-10-5-4-9-22(23)28-30-31)29-32(26(33)36)17-25(34)27-19-8-6-7-18(2)15-19/h4-15H,3,16-17H2,1-2H3,(H,27,34). The van der Waals surface area contributed by atoms with Crippen molar-refractivity contribution in [2.45, 2.75) is 26.9 Å². The third-order valence-electron chi connectivity index (χ3n) is 5.62. The van der Waals surface area contributed by atoms with Crippen molar-refractivity contribution in [2.75, 3.05) is 11.9 Å². The number of ether oxygens (including phenoxy) is 1. The molecule has 0 unspecified atom stereocenters. The smallest absolute Gasteiger partial charge is 0.246 e. The molecule has 2 heterocycles. The Morgan fingerprint density at radius 1 is 1.03 bits per heavy atom.